The van der Waals surface area contributed by atoms with E-state index in [-0.39, 0.29) is 76.4 Å². The number of aliphatic imine (C=N–C) groups is 1. The number of hydrogen-bond acceptors (Lipinski definition) is 17. The Morgan fingerprint density at radius 3 is 2.33 bits per heavy atom. The number of benzene rings is 4. The number of carbonyl (C=O) groups is 4. The number of esters is 2. The number of Topliss-reactive ketones (excluding diaryl/α,β-unsaturated/α-hetero) is 1. The molecule has 103 heavy (non-hydrogen) atoms. The first-order valence-electron chi connectivity index (χ1n) is 33.6. The molecule has 8 aromatic rings. The first kappa shape index (κ1) is 71.8. The number of halogens is 5. The summed E-state index contributed by atoms with van der Waals surface area (Å²) in [6, 6.07) is 22.0. The van der Waals surface area contributed by atoms with Gasteiger partial charge in [-0.15, -0.1) is 0 Å². The van der Waals surface area contributed by atoms with Gasteiger partial charge in [-0.1, -0.05) is 56.3 Å². The molecule has 4 aromatic carbocycles. The fourth-order valence-corrected chi connectivity index (χ4v) is 14.6. The lowest BCUT2D eigenvalue weighted by Gasteiger charge is -2.52. The van der Waals surface area contributed by atoms with E-state index in [4.69, 9.17) is 33.5 Å². The highest BCUT2D eigenvalue weighted by Gasteiger charge is 2.63. The number of nitrogens with zero attached hydrogens (tertiary/aromatic N) is 5. The van der Waals surface area contributed by atoms with Crippen molar-refractivity contribution >= 4 is 75.3 Å². The summed E-state index contributed by atoms with van der Waals surface area (Å²) in [6.45, 7) is 12.9. The third kappa shape index (κ3) is 14.2. The van der Waals surface area contributed by atoms with E-state index < -0.39 is 75.2 Å². The molecule has 4 N–H and O–H groups in total. The maximum Gasteiger partial charge on any atom is 0.416 e. The number of alkyl halides is 3. The van der Waals surface area contributed by atoms with Crippen LogP contribution in [0.15, 0.2) is 162 Å². The highest BCUT2D eigenvalue weighted by atomic mass is 19.4. The normalized spacial score (nSPS) is 20.9. The Kier molecular flexibility index (Phi) is 20.1. The molecule has 4 aliphatic carbocycles. The number of furan rings is 1. The number of aromatic nitrogens is 4. The zero-order chi connectivity index (χ0) is 73.6. The SMILES string of the molecule is C=C1C2=C([C@H](OC(C)=O)C[C@]3(C)C(=O)CC[C@@H]23)[C@]2(C)c3c(coc31)C(=O)O[C@@H]2COC.CC(=O)Nc1cccc(-n2c(=O)n(C3CC3)c(=O)c3c(Nc4ccc(F)cc4F)n(C)c(=O)c(C)c32)c1.N/C(=C\c1nc(COc2ccc(CCCCC3C=CC=N3)cc2)co1)c1ccc(C(F)(F)F)cc1. The number of ketones is 1. The van der Waals surface area contributed by atoms with Crippen molar-refractivity contribution in [2.45, 2.75) is 135 Å². The number of allylic oxidation sites excluding steroid dienone is 3. The van der Waals surface area contributed by atoms with Crippen LogP contribution in [0.3, 0.4) is 0 Å². The van der Waals surface area contributed by atoms with Gasteiger partial charge in [0.2, 0.25) is 11.8 Å². The lowest BCUT2D eigenvalue weighted by Crippen LogP contribution is -2.56. The molecule has 6 aliphatic rings. The van der Waals surface area contributed by atoms with Gasteiger partial charge in [-0.05, 0) is 141 Å². The molecule has 6 atom stereocenters. The van der Waals surface area contributed by atoms with Crippen molar-refractivity contribution in [1.29, 1.82) is 0 Å². The smallest absolute Gasteiger partial charge is 0.416 e. The Labute approximate surface area is 587 Å². The number of fused-ring (bicyclic) bond motifs is 4. The average molecular weight is 1420 g/mol. The lowest BCUT2D eigenvalue weighted by molar-refractivity contribution is -0.149. The summed E-state index contributed by atoms with van der Waals surface area (Å²) in [5.74, 6) is -1.32. The zero-order valence-corrected chi connectivity index (χ0v) is 57.5. The predicted octanol–water partition coefficient (Wildman–Crippen LogP) is 13.3. The number of cyclic esters (lactones) is 1. The van der Waals surface area contributed by atoms with E-state index in [2.05, 4.69) is 45.4 Å². The van der Waals surface area contributed by atoms with Crippen LogP contribution in [0.2, 0.25) is 0 Å². The molecule has 0 bridgehead atoms. The molecule has 6 heterocycles. The summed E-state index contributed by atoms with van der Waals surface area (Å²) in [6.07, 6.45) is 11.9. The van der Waals surface area contributed by atoms with Crippen molar-refractivity contribution in [3.05, 3.63) is 227 Å². The molecule has 2 fully saturated rings. The molecule has 0 saturated heterocycles. The molecule has 536 valence electrons. The Balaban J connectivity index is 0.000000146. The molecule has 1 unspecified atom stereocenters. The molecule has 1 amide bonds. The van der Waals surface area contributed by atoms with Crippen molar-refractivity contribution in [2.75, 3.05) is 24.4 Å². The number of methoxy groups -OCH3 is 1. The second kappa shape index (κ2) is 28.8. The van der Waals surface area contributed by atoms with E-state index in [1.165, 1.54) is 73.3 Å². The minimum absolute atomic E-state index is 0.000227. The number of unbranched alkanes of at least 4 members (excludes halogenated alkanes) is 1. The number of anilines is 3. The van der Waals surface area contributed by atoms with E-state index in [1.54, 1.807) is 31.4 Å². The monoisotopic (exact) mass is 1410 g/mol. The largest absolute Gasteiger partial charge is 0.487 e. The fourth-order valence-electron chi connectivity index (χ4n) is 14.6. The first-order chi connectivity index (χ1) is 49.1. The zero-order valence-electron chi connectivity index (χ0n) is 57.5. The number of carbonyl (C=O) groups excluding carboxylic acids is 4. The number of hydrogen-bond donors (Lipinski definition) is 3. The van der Waals surface area contributed by atoms with Crippen LogP contribution >= 0.6 is 0 Å². The number of oxazole rings is 1. The van der Waals surface area contributed by atoms with Crippen molar-refractivity contribution in [3.63, 3.8) is 0 Å². The summed E-state index contributed by atoms with van der Waals surface area (Å²) >= 11 is 0. The summed E-state index contributed by atoms with van der Waals surface area (Å²) in [5.41, 5.74) is 8.79. The van der Waals surface area contributed by atoms with Gasteiger partial charge in [-0.25, -0.2) is 23.4 Å². The molecule has 26 heteroatoms. The second-order valence-corrected chi connectivity index (χ2v) is 26.8. The molecular formula is C77H75F5N8O13. The van der Waals surface area contributed by atoms with Gasteiger partial charge in [0.1, 0.15) is 82.7 Å². The van der Waals surface area contributed by atoms with Crippen LogP contribution < -0.4 is 37.9 Å². The van der Waals surface area contributed by atoms with Crippen molar-refractivity contribution in [3.8, 4) is 11.4 Å². The van der Waals surface area contributed by atoms with Crippen LogP contribution in [0.4, 0.5) is 39.1 Å². The van der Waals surface area contributed by atoms with Crippen molar-refractivity contribution in [2.24, 2.45) is 29.1 Å². The highest BCUT2D eigenvalue weighted by molar-refractivity contribution is 6.00. The second-order valence-electron chi connectivity index (χ2n) is 26.8. The van der Waals surface area contributed by atoms with E-state index >= 15 is 0 Å². The molecule has 2 saturated carbocycles. The third-order valence-electron chi connectivity index (χ3n) is 19.8. The highest BCUT2D eigenvalue weighted by Crippen LogP contribution is 2.64. The number of nitrogens with two attached hydrogens (primary N) is 1. The molecular weight excluding hydrogens is 1340 g/mol. The quantitative estimate of drug-likeness (QED) is 0.0409. The van der Waals surface area contributed by atoms with Gasteiger partial charge in [0.15, 0.2) is 0 Å². The number of pyridine rings is 1. The number of rotatable bonds is 18. The number of ether oxygens (including phenoxy) is 4. The molecule has 0 radical (unpaired) electrons. The lowest BCUT2D eigenvalue weighted by atomic mass is 9.53. The van der Waals surface area contributed by atoms with Crippen LogP contribution in [-0.2, 0) is 60.3 Å². The van der Waals surface area contributed by atoms with E-state index in [0.717, 1.165) is 71.4 Å². The van der Waals surface area contributed by atoms with E-state index in [9.17, 15) is 55.5 Å². The van der Waals surface area contributed by atoms with Crippen LogP contribution in [0.25, 0.3) is 33.9 Å². The summed E-state index contributed by atoms with van der Waals surface area (Å²) in [5, 5.41) is 5.44. The van der Waals surface area contributed by atoms with Gasteiger partial charge in [0.05, 0.1) is 40.5 Å². The number of aryl methyl sites for hydroxylation is 2. The topological polar surface area (TPSA) is 273 Å². The first-order valence-corrected chi connectivity index (χ1v) is 33.6. The minimum Gasteiger partial charge on any atom is -0.487 e. The molecule has 21 nitrogen and oxygen atoms in total. The predicted molar refractivity (Wildman–Crippen MR) is 375 cm³/mol. The number of nitrogens with one attached hydrogen (secondary N) is 2. The van der Waals surface area contributed by atoms with Crippen molar-refractivity contribution in [1.82, 2.24) is 18.7 Å². The third-order valence-corrected chi connectivity index (χ3v) is 19.8. The van der Waals surface area contributed by atoms with Gasteiger partial charge in [-0.2, -0.15) is 13.2 Å². The minimum atomic E-state index is -4.39. The van der Waals surface area contributed by atoms with Gasteiger partial charge in [0.25, 0.3) is 11.1 Å². The fraction of sp³-hybridized carbons (Fsp3) is 0.338. The van der Waals surface area contributed by atoms with E-state index in [0.29, 0.717) is 89.3 Å². The Morgan fingerprint density at radius 1 is 0.913 bits per heavy atom. The van der Waals surface area contributed by atoms with Crippen LogP contribution in [0.5, 0.6) is 5.75 Å². The molecule has 4 aromatic heterocycles. The summed E-state index contributed by atoms with van der Waals surface area (Å²) in [4.78, 5) is 98.8. The summed E-state index contributed by atoms with van der Waals surface area (Å²) in [7, 11) is 2.98. The molecule has 2 aliphatic heterocycles. The van der Waals surface area contributed by atoms with Gasteiger partial charge in [-0.3, -0.25) is 42.7 Å². The van der Waals surface area contributed by atoms with Gasteiger partial charge < -0.3 is 44.1 Å². The van der Waals surface area contributed by atoms with Crippen molar-refractivity contribution < 1.29 is 68.9 Å². The maximum atomic E-state index is 14.6. The standard InChI is InChI=1S/C27H26F3N3O2.C26H23F2N5O4.C24H26O7/c28-27(29,30)21-11-9-20(10-12-21)25(31)16-26-33-23(18-35-26)17-34-24-13-7-19(8-14-24)4-1-2-5-22-6-3-15-32-22;1-13-22-21(23(31(3)24(13)35)30-20-10-7-15(27)11-19(20)28)25(36)33(17-8-9-17)26(37)32(22)18-6-4-5-16(12-18)29-14(2)34;1-11-18-14-6-7-16(26)23(14,3)8-15(30-12(2)25)20(18)24(4)17(10-28-5)31-22(27)13-9-29-21(11)19(13)24/h3,6-16,18,22H,1-2,4-5,17,31H2;4-7,10-12,17,30H,8-9H2,1-3H3,(H,29,34);9,14-15,17H,1,6-8,10H2,2-5H3/b25-16-;;/t;;14-,15+,17+,23-,24-/m..0/s1. The maximum absolute atomic E-state index is 14.6. The molecule has 0 spiro atoms. The van der Waals surface area contributed by atoms with Gasteiger partial charge in [0, 0.05) is 98.7 Å². The van der Waals surface area contributed by atoms with Crippen LogP contribution in [0, 0.1) is 29.9 Å². The Morgan fingerprint density at radius 2 is 1.66 bits per heavy atom. The summed E-state index contributed by atoms with van der Waals surface area (Å²) < 4.78 is 104. The average Bonchev–Trinajstić information content (AvgIpc) is 1.63. The Hall–Kier alpha value is -11.0. The molecule has 14 rings (SSSR count). The van der Waals surface area contributed by atoms with Gasteiger partial charge >= 0.3 is 23.8 Å². The van der Waals surface area contributed by atoms with Crippen LogP contribution in [-0.4, -0.2) is 80.5 Å². The van der Waals surface area contributed by atoms with E-state index in [1.807, 2.05) is 38.3 Å². The Bertz CT molecular complexity index is 5020. The number of amides is 1. The van der Waals surface area contributed by atoms with Crippen LogP contribution in [0.1, 0.15) is 141 Å².